The number of benzene rings is 2. The molecule has 0 spiro atoms. The quantitative estimate of drug-likeness (QED) is 0.811. The number of aryl methyl sites for hydroxylation is 1. The summed E-state index contributed by atoms with van der Waals surface area (Å²) >= 11 is 1.62. The zero-order valence-corrected chi connectivity index (χ0v) is 15.8. The first-order chi connectivity index (χ1) is 12.6. The molecule has 2 aromatic rings. The van der Waals surface area contributed by atoms with Gasteiger partial charge in [-0.1, -0.05) is 42.0 Å². The molecule has 1 fully saturated rings. The fourth-order valence-electron chi connectivity index (χ4n) is 3.07. The van der Waals surface area contributed by atoms with Crippen LogP contribution in [0.4, 0.5) is 5.69 Å². The van der Waals surface area contributed by atoms with Crippen LogP contribution in [0.5, 0.6) is 0 Å². The first-order valence-corrected chi connectivity index (χ1v) is 10.1. The van der Waals surface area contributed by atoms with E-state index in [4.69, 9.17) is 0 Å². The number of rotatable bonds is 7. The summed E-state index contributed by atoms with van der Waals surface area (Å²) < 4.78 is 0. The molecule has 2 amide bonds. The summed E-state index contributed by atoms with van der Waals surface area (Å²) in [6, 6.07) is 16.2. The van der Waals surface area contributed by atoms with E-state index in [1.165, 1.54) is 11.1 Å². The van der Waals surface area contributed by atoms with Gasteiger partial charge in [-0.3, -0.25) is 9.59 Å². The summed E-state index contributed by atoms with van der Waals surface area (Å²) in [6.07, 6.45) is 1.54. The van der Waals surface area contributed by atoms with Crippen molar-refractivity contribution in [3.05, 3.63) is 65.2 Å². The van der Waals surface area contributed by atoms with E-state index in [0.29, 0.717) is 18.7 Å². The molecule has 26 heavy (non-hydrogen) atoms. The van der Waals surface area contributed by atoms with Gasteiger partial charge in [0.1, 0.15) is 0 Å². The molecular formula is C21H24N2O2S. The second-order valence-electron chi connectivity index (χ2n) is 6.58. The molecule has 1 N–H and O–H groups in total. The Morgan fingerprint density at radius 3 is 2.73 bits per heavy atom. The Morgan fingerprint density at radius 2 is 1.96 bits per heavy atom. The van der Waals surface area contributed by atoms with Crippen LogP contribution in [0.2, 0.25) is 0 Å². The minimum atomic E-state index is 0.0327. The highest BCUT2D eigenvalue weighted by molar-refractivity contribution is 7.99. The van der Waals surface area contributed by atoms with E-state index in [-0.39, 0.29) is 11.8 Å². The standard InChI is InChI=1S/C21H24N2O2S/c1-16-5-2-7-18(11-16)14-26-15-20(24)22-13-17-6-3-8-19(12-17)23-10-4-9-21(23)25/h2-3,5-8,11-12H,4,9-10,13-15H2,1H3,(H,22,24). The van der Waals surface area contributed by atoms with Crippen molar-refractivity contribution in [2.24, 2.45) is 0 Å². The molecule has 136 valence electrons. The summed E-state index contributed by atoms with van der Waals surface area (Å²) in [5.74, 6) is 1.49. The molecule has 0 saturated carbocycles. The highest BCUT2D eigenvalue weighted by Crippen LogP contribution is 2.22. The topological polar surface area (TPSA) is 49.4 Å². The van der Waals surface area contributed by atoms with Crippen molar-refractivity contribution >= 4 is 29.3 Å². The van der Waals surface area contributed by atoms with Crippen molar-refractivity contribution in [2.75, 3.05) is 17.2 Å². The lowest BCUT2D eigenvalue weighted by molar-refractivity contribution is -0.119. The summed E-state index contributed by atoms with van der Waals surface area (Å²) in [6.45, 7) is 3.34. The molecule has 1 aliphatic heterocycles. The number of nitrogens with zero attached hydrogens (tertiary/aromatic N) is 1. The Balaban J connectivity index is 1.45. The van der Waals surface area contributed by atoms with Gasteiger partial charge in [0.15, 0.2) is 0 Å². The molecule has 0 radical (unpaired) electrons. The highest BCUT2D eigenvalue weighted by Gasteiger charge is 2.21. The summed E-state index contributed by atoms with van der Waals surface area (Å²) in [5.41, 5.74) is 4.42. The van der Waals surface area contributed by atoms with E-state index in [1.54, 1.807) is 11.8 Å². The van der Waals surface area contributed by atoms with E-state index in [2.05, 4.69) is 30.4 Å². The maximum Gasteiger partial charge on any atom is 0.230 e. The number of thioether (sulfide) groups is 1. The van der Waals surface area contributed by atoms with Crippen LogP contribution in [-0.2, 0) is 21.9 Å². The third-order valence-electron chi connectivity index (χ3n) is 4.37. The van der Waals surface area contributed by atoms with Crippen LogP contribution >= 0.6 is 11.8 Å². The number of amides is 2. The first kappa shape index (κ1) is 18.5. The Labute approximate surface area is 159 Å². The van der Waals surface area contributed by atoms with E-state index in [1.807, 2.05) is 35.2 Å². The van der Waals surface area contributed by atoms with Crippen LogP contribution in [0.3, 0.4) is 0 Å². The lowest BCUT2D eigenvalue weighted by Gasteiger charge is -2.16. The molecule has 1 saturated heterocycles. The zero-order chi connectivity index (χ0) is 18.4. The maximum absolute atomic E-state index is 12.1. The van der Waals surface area contributed by atoms with Crippen LogP contribution in [0.25, 0.3) is 0 Å². The number of hydrogen-bond acceptors (Lipinski definition) is 3. The van der Waals surface area contributed by atoms with E-state index in [0.717, 1.165) is 30.0 Å². The van der Waals surface area contributed by atoms with Crippen LogP contribution in [0.1, 0.15) is 29.5 Å². The number of nitrogens with one attached hydrogen (secondary N) is 1. The minimum Gasteiger partial charge on any atom is -0.351 e. The monoisotopic (exact) mass is 368 g/mol. The molecule has 3 rings (SSSR count). The molecule has 5 heteroatoms. The van der Waals surface area contributed by atoms with Crippen LogP contribution in [-0.4, -0.2) is 24.1 Å². The lowest BCUT2D eigenvalue weighted by atomic mass is 10.2. The molecule has 4 nitrogen and oxygen atoms in total. The van der Waals surface area contributed by atoms with E-state index >= 15 is 0 Å². The molecule has 0 unspecified atom stereocenters. The number of hydrogen-bond donors (Lipinski definition) is 1. The number of carbonyl (C=O) groups is 2. The van der Waals surface area contributed by atoms with Gasteiger partial charge in [-0.25, -0.2) is 0 Å². The molecule has 0 aromatic heterocycles. The van der Waals surface area contributed by atoms with Gasteiger partial charge in [-0.2, -0.15) is 0 Å². The van der Waals surface area contributed by atoms with Crippen molar-refractivity contribution in [3.63, 3.8) is 0 Å². The maximum atomic E-state index is 12.1. The Hall–Kier alpha value is -2.27. The Morgan fingerprint density at radius 1 is 1.15 bits per heavy atom. The predicted octanol–water partition coefficient (Wildman–Crippen LogP) is 3.67. The van der Waals surface area contributed by atoms with Crippen molar-refractivity contribution in [3.8, 4) is 0 Å². The predicted molar refractivity (Wildman–Crippen MR) is 107 cm³/mol. The van der Waals surface area contributed by atoms with Gasteiger partial charge in [0, 0.05) is 31.0 Å². The van der Waals surface area contributed by atoms with Crippen molar-refractivity contribution in [1.29, 1.82) is 0 Å². The average molecular weight is 369 g/mol. The van der Waals surface area contributed by atoms with Crippen molar-refractivity contribution < 1.29 is 9.59 Å². The minimum absolute atomic E-state index is 0.0327. The third kappa shape index (κ3) is 5.11. The average Bonchev–Trinajstić information content (AvgIpc) is 3.06. The molecule has 2 aromatic carbocycles. The summed E-state index contributed by atoms with van der Waals surface area (Å²) in [4.78, 5) is 25.8. The van der Waals surface area contributed by atoms with Gasteiger partial charge in [-0.15, -0.1) is 11.8 Å². The SMILES string of the molecule is Cc1cccc(CSCC(=O)NCc2cccc(N3CCCC3=O)c2)c1. The summed E-state index contributed by atoms with van der Waals surface area (Å²) in [5, 5.41) is 2.96. The molecule has 0 bridgehead atoms. The molecular weight excluding hydrogens is 344 g/mol. The fourth-order valence-corrected chi connectivity index (χ4v) is 3.88. The van der Waals surface area contributed by atoms with Gasteiger partial charge >= 0.3 is 0 Å². The fraction of sp³-hybridized carbons (Fsp3) is 0.333. The van der Waals surface area contributed by atoms with Gasteiger partial charge < -0.3 is 10.2 Å². The van der Waals surface area contributed by atoms with Gasteiger partial charge in [0.2, 0.25) is 11.8 Å². The number of anilines is 1. The summed E-state index contributed by atoms with van der Waals surface area (Å²) in [7, 11) is 0. The largest absolute Gasteiger partial charge is 0.351 e. The lowest BCUT2D eigenvalue weighted by Crippen LogP contribution is -2.26. The smallest absolute Gasteiger partial charge is 0.230 e. The first-order valence-electron chi connectivity index (χ1n) is 8.91. The molecule has 1 aliphatic rings. The molecule has 0 atom stereocenters. The van der Waals surface area contributed by atoms with Gasteiger partial charge in [0.05, 0.1) is 5.75 Å². The van der Waals surface area contributed by atoms with E-state index in [9.17, 15) is 9.59 Å². The second-order valence-corrected chi connectivity index (χ2v) is 7.56. The van der Waals surface area contributed by atoms with Gasteiger partial charge in [-0.05, 0) is 36.6 Å². The van der Waals surface area contributed by atoms with Crippen LogP contribution < -0.4 is 10.2 Å². The second kappa shape index (κ2) is 8.90. The third-order valence-corrected chi connectivity index (χ3v) is 5.37. The zero-order valence-electron chi connectivity index (χ0n) is 15.0. The van der Waals surface area contributed by atoms with Crippen LogP contribution in [0, 0.1) is 6.92 Å². The highest BCUT2D eigenvalue weighted by atomic mass is 32.2. The normalized spacial score (nSPS) is 13.9. The van der Waals surface area contributed by atoms with Crippen LogP contribution in [0.15, 0.2) is 48.5 Å². The van der Waals surface area contributed by atoms with E-state index < -0.39 is 0 Å². The van der Waals surface area contributed by atoms with Crippen molar-refractivity contribution in [2.45, 2.75) is 32.1 Å². The number of carbonyl (C=O) groups excluding carboxylic acids is 2. The molecule has 0 aliphatic carbocycles. The molecule has 1 heterocycles. The Kier molecular flexibility index (Phi) is 6.34. The Bertz CT molecular complexity index is 791. The van der Waals surface area contributed by atoms with Crippen molar-refractivity contribution in [1.82, 2.24) is 5.32 Å². The van der Waals surface area contributed by atoms with Gasteiger partial charge in [0.25, 0.3) is 0 Å².